The zero-order valence-corrected chi connectivity index (χ0v) is 10.8. The SMILES string of the molecule is CCN(CC1CC1)c1cc(NC)cc([N+](=O)[O-])c1. The molecule has 1 aromatic rings. The minimum Gasteiger partial charge on any atom is -0.388 e. The summed E-state index contributed by atoms with van der Waals surface area (Å²) in [6, 6.07) is 5.19. The zero-order valence-electron chi connectivity index (χ0n) is 10.8. The van der Waals surface area contributed by atoms with Gasteiger partial charge in [-0.1, -0.05) is 0 Å². The van der Waals surface area contributed by atoms with E-state index < -0.39 is 0 Å². The lowest BCUT2D eigenvalue weighted by Gasteiger charge is -2.23. The highest BCUT2D eigenvalue weighted by molar-refractivity contribution is 5.64. The highest BCUT2D eigenvalue weighted by atomic mass is 16.6. The van der Waals surface area contributed by atoms with Crippen molar-refractivity contribution in [1.29, 1.82) is 0 Å². The molecule has 5 heteroatoms. The largest absolute Gasteiger partial charge is 0.388 e. The summed E-state index contributed by atoms with van der Waals surface area (Å²) in [5.41, 5.74) is 1.86. The number of hydrogen-bond acceptors (Lipinski definition) is 4. The average molecular weight is 249 g/mol. The molecule has 0 saturated heterocycles. The molecule has 1 fully saturated rings. The normalized spacial score (nSPS) is 14.3. The summed E-state index contributed by atoms with van der Waals surface area (Å²) >= 11 is 0. The standard InChI is InChI=1S/C13H19N3O2/c1-3-15(9-10-4-5-10)12-6-11(14-2)7-13(8-12)16(17)18/h6-8,10,14H,3-5,9H2,1-2H3. The van der Waals surface area contributed by atoms with Gasteiger partial charge in [0.05, 0.1) is 4.92 Å². The van der Waals surface area contributed by atoms with E-state index in [1.165, 1.54) is 12.8 Å². The Kier molecular flexibility index (Phi) is 3.69. The monoisotopic (exact) mass is 249 g/mol. The van der Waals surface area contributed by atoms with Crippen LogP contribution in [0.2, 0.25) is 0 Å². The van der Waals surface area contributed by atoms with Gasteiger partial charge in [-0.3, -0.25) is 10.1 Å². The molecule has 18 heavy (non-hydrogen) atoms. The van der Waals surface area contributed by atoms with Gasteiger partial charge in [-0.25, -0.2) is 0 Å². The molecule has 0 heterocycles. The van der Waals surface area contributed by atoms with Crippen LogP contribution >= 0.6 is 0 Å². The fourth-order valence-electron chi connectivity index (χ4n) is 2.06. The van der Waals surface area contributed by atoms with Crippen LogP contribution in [0.15, 0.2) is 18.2 Å². The van der Waals surface area contributed by atoms with Gasteiger partial charge in [0.1, 0.15) is 0 Å². The summed E-state index contributed by atoms with van der Waals surface area (Å²) in [6.07, 6.45) is 2.56. The zero-order chi connectivity index (χ0) is 13.1. The van der Waals surface area contributed by atoms with Crippen LogP contribution in [-0.4, -0.2) is 25.1 Å². The Labute approximate surface area is 107 Å². The molecule has 0 amide bonds. The number of nitro groups is 1. The van der Waals surface area contributed by atoms with Gasteiger partial charge in [0, 0.05) is 43.6 Å². The number of rotatable bonds is 6. The van der Waals surface area contributed by atoms with Crippen molar-refractivity contribution < 1.29 is 4.92 Å². The molecule has 0 atom stereocenters. The van der Waals surface area contributed by atoms with Crippen molar-refractivity contribution in [2.24, 2.45) is 5.92 Å². The Morgan fingerprint density at radius 1 is 1.44 bits per heavy atom. The van der Waals surface area contributed by atoms with Crippen molar-refractivity contribution in [3.63, 3.8) is 0 Å². The Morgan fingerprint density at radius 2 is 2.17 bits per heavy atom. The number of anilines is 2. The molecule has 0 bridgehead atoms. The molecule has 0 radical (unpaired) electrons. The van der Waals surface area contributed by atoms with Gasteiger partial charge in [0.25, 0.3) is 5.69 Å². The van der Waals surface area contributed by atoms with Crippen molar-refractivity contribution >= 4 is 17.1 Å². The molecule has 0 aromatic heterocycles. The second-order valence-electron chi connectivity index (χ2n) is 4.73. The van der Waals surface area contributed by atoms with E-state index in [1.54, 1.807) is 19.2 Å². The first-order valence-electron chi connectivity index (χ1n) is 6.36. The highest BCUT2D eigenvalue weighted by Crippen LogP contribution is 2.33. The summed E-state index contributed by atoms with van der Waals surface area (Å²) in [5, 5.41) is 13.9. The van der Waals surface area contributed by atoms with E-state index in [0.717, 1.165) is 30.4 Å². The van der Waals surface area contributed by atoms with Crippen LogP contribution in [0.3, 0.4) is 0 Å². The van der Waals surface area contributed by atoms with Gasteiger partial charge in [-0.15, -0.1) is 0 Å². The molecular weight excluding hydrogens is 230 g/mol. The number of benzene rings is 1. The topological polar surface area (TPSA) is 58.4 Å². The number of nitrogens with zero attached hydrogens (tertiary/aromatic N) is 2. The highest BCUT2D eigenvalue weighted by Gasteiger charge is 2.24. The van der Waals surface area contributed by atoms with Crippen LogP contribution in [0.5, 0.6) is 0 Å². The second kappa shape index (κ2) is 5.25. The van der Waals surface area contributed by atoms with Gasteiger partial charge in [-0.2, -0.15) is 0 Å². The van der Waals surface area contributed by atoms with E-state index >= 15 is 0 Å². The van der Waals surface area contributed by atoms with Crippen molar-refractivity contribution in [2.45, 2.75) is 19.8 Å². The maximum atomic E-state index is 10.9. The quantitative estimate of drug-likeness (QED) is 0.622. The minimum atomic E-state index is -0.338. The van der Waals surface area contributed by atoms with Crippen LogP contribution in [0.1, 0.15) is 19.8 Å². The molecule has 1 aliphatic rings. The van der Waals surface area contributed by atoms with Gasteiger partial charge < -0.3 is 10.2 Å². The van der Waals surface area contributed by atoms with Gasteiger partial charge in [0.2, 0.25) is 0 Å². The van der Waals surface area contributed by atoms with Crippen LogP contribution in [0, 0.1) is 16.0 Å². The Morgan fingerprint density at radius 3 is 2.67 bits per heavy atom. The number of nitrogens with one attached hydrogen (secondary N) is 1. The van der Waals surface area contributed by atoms with Crippen LogP contribution in [0.4, 0.5) is 17.1 Å². The molecule has 2 rings (SSSR count). The summed E-state index contributed by atoms with van der Waals surface area (Å²) in [4.78, 5) is 12.8. The van der Waals surface area contributed by atoms with E-state index in [2.05, 4.69) is 17.1 Å². The first-order chi connectivity index (χ1) is 8.63. The lowest BCUT2D eigenvalue weighted by molar-refractivity contribution is -0.384. The number of non-ortho nitro benzene ring substituents is 1. The lowest BCUT2D eigenvalue weighted by Crippen LogP contribution is -2.25. The molecule has 0 spiro atoms. The van der Waals surface area contributed by atoms with Crippen LogP contribution < -0.4 is 10.2 Å². The predicted octanol–water partition coefficient (Wildman–Crippen LogP) is 2.87. The third-order valence-electron chi connectivity index (χ3n) is 3.32. The average Bonchev–Trinajstić information content (AvgIpc) is 3.19. The van der Waals surface area contributed by atoms with Crippen molar-refractivity contribution in [3.05, 3.63) is 28.3 Å². The van der Waals surface area contributed by atoms with E-state index in [4.69, 9.17) is 0 Å². The minimum absolute atomic E-state index is 0.145. The van der Waals surface area contributed by atoms with Crippen LogP contribution in [0.25, 0.3) is 0 Å². The van der Waals surface area contributed by atoms with Gasteiger partial charge in [0.15, 0.2) is 0 Å². The molecule has 0 unspecified atom stereocenters. The Bertz CT molecular complexity index is 444. The maximum absolute atomic E-state index is 10.9. The molecule has 98 valence electrons. The predicted molar refractivity (Wildman–Crippen MR) is 73.3 cm³/mol. The molecule has 1 aliphatic carbocycles. The smallest absolute Gasteiger partial charge is 0.273 e. The van der Waals surface area contributed by atoms with Crippen molar-refractivity contribution in [2.75, 3.05) is 30.4 Å². The van der Waals surface area contributed by atoms with Gasteiger partial charge in [-0.05, 0) is 31.7 Å². The number of hydrogen-bond donors (Lipinski definition) is 1. The third-order valence-corrected chi connectivity index (χ3v) is 3.32. The molecule has 1 N–H and O–H groups in total. The Hall–Kier alpha value is -1.78. The molecule has 0 aliphatic heterocycles. The molecule has 1 aromatic carbocycles. The molecule has 5 nitrogen and oxygen atoms in total. The van der Waals surface area contributed by atoms with E-state index in [9.17, 15) is 10.1 Å². The summed E-state index contributed by atoms with van der Waals surface area (Å²) in [6.45, 7) is 3.96. The van der Waals surface area contributed by atoms with E-state index in [1.807, 2.05) is 6.07 Å². The summed E-state index contributed by atoms with van der Waals surface area (Å²) < 4.78 is 0. The fraction of sp³-hybridized carbons (Fsp3) is 0.538. The first-order valence-corrected chi connectivity index (χ1v) is 6.36. The molecule has 1 saturated carbocycles. The summed E-state index contributed by atoms with van der Waals surface area (Å²) in [5.74, 6) is 0.766. The third kappa shape index (κ3) is 2.91. The first kappa shape index (κ1) is 12.7. The van der Waals surface area contributed by atoms with Crippen molar-refractivity contribution in [1.82, 2.24) is 0 Å². The van der Waals surface area contributed by atoms with Gasteiger partial charge >= 0.3 is 0 Å². The summed E-state index contributed by atoms with van der Waals surface area (Å²) in [7, 11) is 1.78. The maximum Gasteiger partial charge on any atom is 0.273 e. The molecular formula is C13H19N3O2. The van der Waals surface area contributed by atoms with Crippen LogP contribution in [-0.2, 0) is 0 Å². The fourth-order valence-corrected chi connectivity index (χ4v) is 2.06. The number of nitro benzene ring substituents is 1. The van der Waals surface area contributed by atoms with E-state index in [-0.39, 0.29) is 10.6 Å². The van der Waals surface area contributed by atoms with Crippen molar-refractivity contribution in [3.8, 4) is 0 Å². The van der Waals surface area contributed by atoms with E-state index in [0.29, 0.717) is 0 Å². The second-order valence-corrected chi connectivity index (χ2v) is 4.73. The Balaban J connectivity index is 2.28. The lowest BCUT2D eigenvalue weighted by atomic mass is 10.2.